The molecule has 2 heterocycles. The van der Waals surface area contributed by atoms with Crippen molar-refractivity contribution in [2.45, 2.75) is 72.4 Å². The molecule has 0 atom stereocenters. The Balaban J connectivity index is 1.63. The third kappa shape index (κ3) is 9.40. The number of carbonyl (C=O) groups excluding carboxylic acids is 1. The van der Waals surface area contributed by atoms with Crippen LogP contribution in [-0.4, -0.2) is 86.9 Å². The Hall–Kier alpha value is -3.22. The average molecular weight is 617 g/mol. The minimum Gasteiger partial charge on any atom is -0.383 e. The maximum Gasteiger partial charge on any atom is 0.253 e. The molecular weight excluding hydrogens is 564 g/mol. The maximum atomic E-state index is 13.8. The van der Waals surface area contributed by atoms with Crippen molar-refractivity contribution in [1.29, 1.82) is 0 Å². The second-order valence-corrected chi connectivity index (χ2v) is 12.6. The lowest BCUT2D eigenvalue weighted by Gasteiger charge is -2.36. The summed E-state index contributed by atoms with van der Waals surface area (Å²) in [5.74, 6) is 6.97. The molecule has 0 spiro atoms. The van der Waals surface area contributed by atoms with E-state index in [0.717, 1.165) is 99.5 Å². The highest BCUT2D eigenvalue weighted by molar-refractivity contribution is 5.97. The van der Waals surface area contributed by atoms with Gasteiger partial charge in [0, 0.05) is 61.7 Å². The predicted octanol–water partition coefficient (Wildman–Crippen LogP) is 4.84. The molecule has 1 amide bonds. The van der Waals surface area contributed by atoms with Crippen LogP contribution in [0.25, 0.3) is 5.57 Å². The molecule has 1 aliphatic carbocycles. The molecule has 4 rings (SSSR count). The quantitative estimate of drug-likeness (QED) is 0.352. The van der Waals surface area contributed by atoms with E-state index in [1.165, 1.54) is 5.57 Å². The molecule has 1 aromatic heterocycles. The number of likely N-dealkylation sites (N-methyl/N-ethyl adjacent to an activating group) is 1. The van der Waals surface area contributed by atoms with E-state index in [2.05, 4.69) is 58.1 Å². The number of aromatic nitrogens is 1. The third-order valence-corrected chi connectivity index (χ3v) is 9.35. The molecule has 2 fully saturated rings. The number of hydrogen-bond donors (Lipinski definition) is 2. The summed E-state index contributed by atoms with van der Waals surface area (Å²) in [6.07, 6.45) is 7.77. The van der Waals surface area contributed by atoms with Gasteiger partial charge in [0.25, 0.3) is 11.5 Å². The van der Waals surface area contributed by atoms with E-state index in [0.29, 0.717) is 29.6 Å². The minimum absolute atomic E-state index is 0.162. The van der Waals surface area contributed by atoms with Gasteiger partial charge in [-0.05, 0) is 106 Å². The van der Waals surface area contributed by atoms with E-state index < -0.39 is 0 Å². The summed E-state index contributed by atoms with van der Waals surface area (Å²) in [6, 6.07) is 6.60. The molecule has 2 N–H and O–H groups in total. The van der Waals surface area contributed by atoms with Crippen LogP contribution in [0, 0.1) is 38.5 Å². The van der Waals surface area contributed by atoms with E-state index in [9.17, 15) is 9.59 Å². The van der Waals surface area contributed by atoms with Crippen molar-refractivity contribution in [1.82, 2.24) is 20.1 Å². The Kier molecular flexibility index (Phi) is 13.0. The molecule has 8 heteroatoms. The van der Waals surface area contributed by atoms with E-state index in [4.69, 9.17) is 9.47 Å². The molecule has 2 aliphatic rings. The number of aromatic amines is 1. The smallest absolute Gasteiger partial charge is 0.253 e. The number of methoxy groups -OCH3 is 1. The van der Waals surface area contributed by atoms with Gasteiger partial charge in [0.15, 0.2) is 0 Å². The molecule has 8 nitrogen and oxygen atoms in total. The third-order valence-electron chi connectivity index (χ3n) is 9.35. The van der Waals surface area contributed by atoms with Crippen LogP contribution in [0.1, 0.15) is 82.9 Å². The van der Waals surface area contributed by atoms with Gasteiger partial charge in [0.05, 0.1) is 26.4 Å². The molecule has 0 unspecified atom stereocenters. The summed E-state index contributed by atoms with van der Waals surface area (Å²) in [5, 5.41) is 3.04. The number of pyridine rings is 1. The van der Waals surface area contributed by atoms with E-state index in [-0.39, 0.29) is 18.0 Å². The zero-order chi connectivity index (χ0) is 32.3. The topological polar surface area (TPSA) is 86.9 Å². The minimum atomic E-state index is -0.190. The summed E-state index contributed by atoms with van der Waals surface area (Å²) in [5.41, 5.74) is 6.94. The molecule has 1 saturated heterocycles. The fourth-order valence-corrected chi connectivity index (χ4v) is 6.66. The Bertz CT molecular complexity index is 1450. The average Bonchev–Trinajstić information content (AvgIpc) is 3.03. The van der Waals surface area contributed by atoms with Crippen LogP contribution in [0.5, 0.6) is 0 Å². The Labute approximate surface area is 269 Å². The zero-order valence-electron chi connectivity index (χ0n) is 28.2. The van der Waals surface area contributed by atoms with E-state index in [1.807, 2.05) is 32.9 Å². The number of allylic oxidation sites excluding steroid dienone is 2. The second kappa shape index (κ2) is 16.9. The molecule has 45 heavy (non-hydrogen) atoms. The predicted molar refractivity (Wildman–Crippen MR) is 182 cm³/mol. The van der Waals surface area contributed by atoms with Crippen molar-refractivity contribution >= 4 is 11.5 Å². The van der Waals surface area contributed by atoms with Crippen molar-refractivity contribution in [3.63, 3.8) is 0 Å². The molecule has 0 radical (unpaired) electrons. The van der Waals surface area contributed by atoms with Gasteiger partial charge in [-0.15, -0.1) is 0 Å². The zero-order valence-corrected chi connectivity index (χ0v) is 28.2. The van der Waals surface area contributed by atoms with Crippen LogP contribution < -0.4 is 10.9 Å². The lowest BCUT2D eigenvalue weighted by atomic mass is 9.76. The number of benzene rings is 1. The highest BCUT2D eigenvalue weighted by Gasteiger charge is 2.28. The van der Waals surface area contributed by atoms with Gasteiger partial charge in [-0.25, -0.2) is 0 Å². The molecular formula is C37H52N4O4. The molecule has 1 saturated carbocycles. The van der Waals surface area contributed by atoms with Gasteiger partial charge in [-0.2, -0.15) is 0 Å². The van der Waals surface area contributed by atoms with Crippen LogP contribution >= 0.6 is 0 Å². The number of nitrogens with zero attached hydrogens (tertiary/aromatic N) is 2. The Morgan fingerprint density at radius 2 is 1.84 bits per heavy atom. The second-order valence-electron chi connectivity index (χ2n) is 12.6. The summed E-state index contributed by atoms with van der Waals surface area (Å²) >= 11 is 0. The molecule has 0 bridgehead atoms. The number of nitrogens with one attached hydrogen (secondary N) is 2. The number of aryl methyl sites for hydroxylation is 2. The monoisotopic (exact) mass is 616 g/mol. The van der Waals surface area contributed by atoms with Gasteiger partial charge in [-0.1, -0.05) is 24.8 Å². The lowest BCUT2D eigenvalue weighted by Crippen LogP contribution is -2.37. The van der Waals surface area contributed by atoms with Crippen LogP contribution in [0.4, 0.5) is 0 Å². The highest BCUT2D eigenvalue weighted by Crippen LogP contribution is 2.39. The first kappa shape index (κ1) is 34.6. The summed E-state index contributed by atoms with van der Waals surface area (Å²) in [6.45, 7) is 13.8. The fraction of sp³-hybridized carbons (Fsp3) is 0.568. The van der Waals surface area contributed by atoms with Crippen molar-refractivity contribution in [3.05, 3.63) is 73.7 Å². The number of morpholine rings is 1. The number of carbonyl (C=O) groups is 1. The number of amides is 1. The van der Waals surface area contributed by atoms with Gasteiger partial charge in [-0.3, -0.25) is 14.5 Å². The largest absolute Gasteiger partial charge is 0.383 e. The van der Waals surface area contributed by atoms with Crippen LogP contribution in [-0.2, 0) is 16.0 Å². The van der Waals surface area contributed by atoms with E-state index in [1.54, 1.807) is 7.11 Å². The normalized spacial score (nSPS) is 19.3. The van der Waals surface area contributed by atoms with Gasteiger partial charge in [0.2, 0.25) is 0 Å². The lowest BCUT2D eigenvalue weighted by molar-refractivity contribution is 0.0443. The van der Waals surface area contributed by atoms with Crippen molar-refractivity contribution in [3.8, 4) is 11.8 Å². The number of rotatable bonds is 11. The Morgan fingerprint density at radius 3 is 2.51 bits per heavy atom. The first-order valence-corrected chi connectivity index (χ1v) is 16.5. The van der Waals surface area contributed by atoms with Gasteiger partial charge < -0.3 is 24.7 Å². The summed E-state index contributed by atoms with van der Waals surface area (Å²) < 4.78 is 10.8. The standard InChI is InChI=1S/C37H52N4O4/c1-7-9-32(30-11-13-31(14-12-30)40(5)16-19-44-6)33-23-29(10-8-15-41-17-20-45-21-18-41)24-34(28(33)4)36(42)38-25-35-26(2)22-27(3)39-37(35)43/h9,22-24,30-31H,7,11-21,25H2,1-6H3,(H,38,42)(H,39,43)/b32-9+. The number of H-pyrrole nitrogens is 1. The molecule has 1 aliphatic heterocycles. The molecule has 1 aromatic carbocycles. The van der Waals surface area contributed by atoms with Gasteiger partial charge >= 0.3 is 0 Å². The van der Waals surface area contributed by atoms with Crippen molar-refractivity contribution in [2.75, 3.05) is 60.2 Å². The summed E-state index contributed by atoms with van der Waals surface area (Å²) in [7, 11) is 3.96. The SMILES string of the molecule is CC/C=C(/c1cc(C#CCN2CCOCC2)cc(C(=O)NCc2c(C)cc(C)[nH]c2=O)c1C)C1CCC(N(C)CCOC)CC1. The summed E-state index contributed by atoms with van der Waals surface area (Å²) in [4.78, 5) is 34.0. The van der Waals surface area contributed by atoms with Crippen LogP contribution in [0.2, 0.25) is 0 Å². The number of ether oxygens (including phenoxy) is 2. The van der Waals surface area contributed by atoms with E-state index >= 15 is 0 Å². The Morgan fingerprint density at radius 1 is 1.13 bits per heavy atom. The molecule has 2 aromatic rings. The van der Waals surface area contributed by atoms with Crippen LogP contribution in [0.15, 0.2) is 29.1 Å². The van der Waals surface area contributed by atoms with Crippen molar-refractivity contribution < 1.29 is 14.3 Å². The van der Waals surface area contributed by atoms with Crippen LogP contribution in [0.3, 0.4) is 0 Å². The highest BCUT2D eigenvalue weighted by atomic mass is 16.5. The van der Waals surface area contributed by atoms with Gasteiger partial charge in [0.1, 0.15) is 0 Å². The van der Waals surface area contributed by atoms with Crippen molar-refractivity contribution in [2.24, 2.45) is 5.92 Å². The first-order valence-electron chi connectivity index (χ1n) is 16.5. The maximum absolute atomic E-state index is 13.8. The fourth-order valence-electron chi connectivity index (χ4n) is 6.66. The first-order chi connectivity index (χ1) is 21.7. The molecule has 244 valence electrons. The number of hydrogen-bond acceptors (Lipinski definition) is 6.